The largest absolute Gasteiger partial charge is 0.379 e. The molecule has 0 unspecified atom stereocenters. The zero-order valence-electron chi connectivity index (χ0n) is 8.36. The molecule has 84 valence electrons. The fourth-order valence-electron chi connectivity index (χ4n) is 1.53. The molecule has 0 spiro atoms. The van der Waals surface area contributed by atoms with Crippen LogP contribution in [0.15, 0.2) is 9.47 Å². The van der Waals surface area contributed by atoms with Gasteiger partial charge in [-0.15, -0.1) is 5.10 Å². The number of ether oxygens (including phenoxy) is 1. The molecule has 0 saturated carbocycles. The summed E-state index contributed by atoms with van der Waals surface area (Å²) in [6, 6.07) is 0.425. The van der Waals surface area contributed by atoms with Gasteiger partial charge in [0.15, 0.2) is 4.73 Å². The molecule has 1 fully saturated rings. The van der Waals surface area contributed by atoms with Gasteiger partial charge in [0.05, 0.1) is 19.9 Å². The predicted molar refractivity (Wildman–Crippen MR) is 62.4 cm³/mol. The SMILES string of the molecule is C[C@H]1COCCN1Cn1nc(Br)nc1Br. The van der Waals surface area contributed by atoms with E-state index in [0.29, 0.717) is 10.8 Å². The summed E-state index contributed by atoms with van der Waals surface area (Å²) < 4.78 is 8.55. The Kier molecular flexibility index (Phi) is 3.76. The van der Waals surface area contributed by atoms with E-state index >= 15 is 0 Å². The third kappa shape index (κ3) is 2.77. The van der Waals surface area contributed by atoms with Crippen molar-refractivity contribution >= 4 is 31.9 Å². The maximum Gasteiger partial charge on any atom is 0.218 e. The maximum atomic E-state index is 5.38. The minimum Gasteiger partial charge on any atom is -0.379 e. The second kappa shape index (κ2) is 4.90. The molecule has 0 aromatic carbocycles. The van der Waals surface area contributed by atoms with Crippen LogP contribution in [0.2, 0.25) is 0 Å². The molecule has 0 bridgehead atoms. The summed E-state index contributed by atoms with van der Waals surface area (Å²) in [4.78, 5) is 6.44. The quantitative estimate of drug-likeness (QED) is 0.818. The van der Waals surface area contributed by atoms with Crippen molar-refractivity contribution in [1.82, 2.24) is 19.7 Å². The summed E-state index contributed by atoms with van der Waals surface area (Å²) in [7, 11) is 0. The van der Waals surface area contributed by atoms with Crippen LogP contribution < -0.4 is 0 Å². The van der Waals surface area contributed by atoms with Gasteiger partial charge in [0.2, 0.25) is 4.73 Å². The molecule has 5 nitrogen and oxygen atoms in total. The minimum absolute atomic E-state index is 0.425. The number of hydrogen-bond donors (Lipinski definition) is 0. The molecule has 15 heavy (non-hydrogen) atoms. The number of rotatable bonds is 2. The van der Waals surface area contributed by atoms with Crippen LogP contribution in [0.5, 0.6) is 0 Å². The van der Waals surface area contributed by atoms with Crippen LogP contribution in [0.1, 0.15) is 6.92 Å². The molecular weight excluding hydrogens is 328 g/mol. The van der Waals surface area contributed by atoms with E-state index < -0.39 is 0 Å². The Balaban J connectivity index is 2.04. The molecule has 1 aromatic rings. The molecule has 0 amide bonds. The molecule has 1 aliphatic rings. The van der Waals surface area contributed by atoms with E-state index in [1.54, 1.807) is 0 Å². The Morgan fingerprint density at radius 3 is 2.93 bits per heavy atom. The molecule has 1 aliphatic heterocycles. The smallest absolute Gasteiger partial charge is 0.218 e. The van der Waals surface area contributed by atoms with Crippen molar-refractivity contribution in [3.8, 4) is 0 Å². The molecule has 1 aromatic heterocycles. The lowest BCUT2D eigenvalue weighted by Gasteiger charge is -2.32. The highest BCUT2D eigenvalue weighted by Gasteiger charge is 2.20. The second-order valence-corrected chi connectivity index (χ2v) is 4.95. The lowest BCUT2D eigenvalue weighted by atomic mass is 10.3. The zero-order valence-corrected chi connectivity index (χ0v) is 11.5. The van der Waals surface area contributed by atoms with Crippen LogP contribution in [0.25, 0.3) is 0 Å². The summed E-state index contributed by atoms with van der Waals surface area (Å²) in [6.07, 6.45) is 0. The summed E-state index contributed by atoms with van der Waals surface area (Å²) in [5.41, 5.74) is 0. The first-order chi connectivity index (χ1) is 7.16. The zero-order chi connectivity index (χ0) is 10.8. The highest BCUT2D eigenvalue weighted by molar-refractivity contribution is 9.11. The van der Waals surface area contributed by atoms with E-state index in [2.05, 4.69) is 53.8 Å². The number of hydrogen-bond acceptors (Lipinski definition) is 4. The lowest BCUT2D eigenvalue weighted by molar-refractivity contribution is -0.0177. The average molecular weight is 340 g/mol. The maximum absolute atomic E-state index is 5.38. The van der Waals surface area contributed by atoms with Gasteiger partial charge >= 0.3 is 0 Å². The van der Waals surface area contributed by atoms with E-state index in [1.807, 2.05) is 4.68 Å². The number of morpholine rings is 1. The lowest BCUT2D eigenvalue weighted by Crippen LogP contribution is -2.44. The van der Waals surface area contributed by atoms with Crippen LogP contribution in [0.4, 0.5) is 0 Å². The van der Waals surface area contributed by atoms with Crippen molar-refractivity contribution in [2.75, 3.05) is 19.8 Å². The highest BCUT2D eigenvalue weighted by atomic mass is 79.9. The molecule has 1 saturated heterocycles. The van der Waals surface area contributed by atoms with E-state index in [4.69, 9.17) is 4.74 Å². The summed E-state index contributed by atoms with van der Waals surface area (Å²) in [5.74, 6) is 0. The van der Waals surface area contributed by atoms with E-state index in [0.717, 1.165) is 31.2 Å². The van der Waals surface area contributed by atoms with Gasteiger partial charge in [0.1, 0.15) is 0 Å². The van der Waals surface area contributed by atoms with Gasteiger partial charge in [-0.2, -0.15) is 4.98 Å². The molecule has 2 heterocycles. The van der Waals surface area contributed by atoms with Crippen LogP contribution in [0, 0.1) is 0 Å². The number of nitrogens with zero attached hydrogens (tertiary/aromatic N) is 4. The number of aromatic nitrogens is 3. The summed E-state index contributed by atoms with van der Waals surface area (Å²) in [6.45, 7) is 5.40. The van der Waals surface area contributed by atoms with Gasteiger partial charge in [-0.1, -0.05) is 0 Å². The van der Waals surface area contributed by atoms with Gasteiger partial charge < -0.3 is 4.74 Å². The van der Waals surface area contributed by atoms with Gasteiger partial charge in [0, 0.05) is 12.6 Å². The topological polar surface area (TPSA) is 43.2 Å². The Labute approximate surface area is 105 Å². The normalized spacial score (nSPS) is 23.3. The first kappa shape index (κ1) is 11.5. The fourth-order valence-corrected chi connectivity index (χ4v) is 2.49. The van der Waals surface area contributed by atoms with Crippen molar-refractivity contribution in [2.24, 2.45) is 0 Å². The minimum atomic E-state index is 0.425. The first-order valence-corrected chi connectivity index (χ1v) is 6.33. The van der Waals surface area contributed by atoms with E-state index in [9.17, 15) is 0 Å². The van der Waals surface area contributed by atoms with E-state index in [-0.39, 0.29) is 0 Å². The standard InChI is InChI=1S/C8H12Br2N4O/c1-6-4-15-3-2-13(6)5-14-8(10)11-7(9)12-14/h6H,2-5H2,1H3/t6-/m0/s1. The monoisotopic (exact) mass is 338 g/mol. The van der Waals surface area contributed by atoms with Crippen molar-refractivity contribution in [3.63, 3.8) is 0 Å². The number of halogens is 2. The van der Waals surface area contributed by atoms with Gasteiger partial charge in [0.25, 0.3) is 0 Å². The molecule has 1 atom stereocenters. The molecular formula is C8H12Br2N4O. The first-order valence-electron chi connectivity index (χ1n) is 4.74. The van der Waals surface area contributed by atoms with Crippen LogP contribution in [-0.2, 0) is 11.4 Å². The van der Waals surface area contributed by atoms with Gasteiger partial charge in [-0.25, -0.2) is 4.68 Å². The fraction of sp³-hybridized carbons (Fsp3) is 0.750. The molecule has 0 radical (unpaired) electrons. The van der Waals surface area contributed by atoms with Crippen LogP contribution in [-0.4, -0.2) is 45.5 Å². The van der Waals surface area contributed by atoms with Crippen LogP contribution in [0.3, 0.4) is 0 Å². The van der Waals surface area contributed by atoms with Crippen molar-refractivity contribution in [1.29, 1.82) is 0 Å². The highest BCUT2D eigenvalue weighted by Crippen LogP contribution is 2.14. The Hall–Kier alpha value is 0.0200. The predicted octanol–water partition coefficient (Wildman–Crippen LogP) is 1.48. The average Bonchev–Trinajstić information content (AvgIpc) is 2.49. The van der Waals surface area contributed by atoms with Crippen molar-refractivity contribution in [3.05, 3.63) is 9.47 Å². The Morgan fingerprint density at radius 2 is 2.33 bits per heavy atom. The van der Waals surface area contributed by atoms with E-state index in [1.165, 1.54) is 0 Å². The van der Waals surface area contributed by atoms with Crippen LogP contribution >= 0.6 is 31.9 Å². The molecule has 0 N–H and O–H groups in total. The molecule has 2 rings (SSSR count). The van der Waals surface area contributed by atoms with Gasteiger partial charge in [-0.3, -0.25) is 4.90 Å². The third-order valence-corrected chi connectivity index (χ3v) is 3.34. The third-order valence-electron chi connectivity index (χ3n) is 2.42. The Morgan fingerprint density at radius 1 is 1.53 bits per heavy atom. The van der Waals surface area contributed by atoms with Gasteiger partial charge in [-0.05, 0) is 38.8 Å². The summed E-state index contributed by atoms with van der Waals surface area (Å²) in [5, 5.41) is 4.23. The van der Waals surface area contributed by atoms with Crippen molar-refractivity contribution in [2.45, 2.75) is 19.6 Å². The molecule has 7 heteroatoms. The Bertz CT molecular complexity index is 343. The second-order valence-electron chi connectivity index (χ2n) is 3.53. The van der Waals surface area contributed by atoms with Crippen molar-refractivity contribution < 1.29 is 4.74 Å². The molecule has 0 aliphatic carbocycles. The summed E-state index contributed by atoms with van der Waals surface area (Å²) >= 11 is 6.61.